The van der Waals surface area contributed by atoms with E-state index in [4.69, 9.17) is 16.2 Å². The number of benzene rings is 2. The minimum Gasteiger partial charge on any atom is -0.493 e. The summed E-state index contributed by atoms with van der Waals surface area (Å²) in [7, 11) is 0. The molecule has 6 N–H and O–H groups in total. The van der Waals surface area contributed by atoms with Gasteiger partial charge in [0.2, 0.25) is 0 Å². The van der Waals surface area contributed by atoms with E-state index in [0.717, 1.165) is 16.7 Å². The van der Waals surface area contributed by atoms with Crippen LogP contribution in [-0.2, 0) is 11.2 Å². The van der Waals surface area contributed by atoms with Crippen molar-refractivity contribution in [2.24, 2.45) is 5.41 Å². The third-order valence-electron chi connectivity index (χ3n) is 5.01. The fourth-order valence-electron chi connectivity index (χ4n) is 3.25. The van der Waals surface area contributed by atoms with Crippen molar-refractivity contribution in [3.63, 3.8) is 0 Å². The first kappa shape index (κ1) is 21.9. The monoisotopic (exact) mass is 422 g/mol. The fraction of sp³-hybridized carbons (Fsp3) is 0.261. The molecule has 0 fully saturated rings. The number of nitrogens with two attached hydrogens (primary N) is 2. The highest BCUT2D eigenvalue weighted by molar-refractivity contribution is 5.76. The molecule has 0 spiro atoms. The molecule has 0 amide bonds. The predicted octanol–water partition coefficient (Wildman–Crippen LogP) is 3.32. The molecule has 3 rings (SSSR count). The Bertz CT molecular complexity index is 1180. The Morgan fingerprint density at radius 3 is 2.52 bits per heavy atom. The van der Waals surface area contributed by atoms with Crippen LogP contribution in [0.1, 0.15) is 26.3 Å². The van der Waals surface area contributed by atoms with E-state index in [1.807, 2.05) is 43.3 Å². The first-order valence-electron chi connectivity index (χ1n) is 9.87. The lowest BCUT2D eigenvalue weighted by Crippen LogP contribution is -2.26. The normalized spacial score (nSPS) is 11.3. The third kappa shape index (κ3) is 4.69. The summed E-state index contributed by atoms with van der Waals surface area (Å²) in [5, 5.41) is 9.41. The van der Waals surface area contributed by atoms with Gasteiger partial charge in [0.25, 0.3) is 5.56 Å². The number of ether oxygens (including phenoxy) is 1. The smallest absolute Gasteiger partial charge is 0.309 e. The van der Waals surface area contributed by atoms with E-state index in [9.17, 15) is 14.7 Å². The van der Waals surface area contributed by atoms with Crippen molar-refractivity contribution < 1.29 is 14.6 Å². The van der Waals surface area contributed by atoms with Crippen molar-refractivity contribution in [2.45, 2.75) is 27.2 Å². The fourth-order valence-corrected chi connectivity index (χ4v) is 3.25. The number of carbonyl (C=O) groups is 1. The van der Waals surface area contributed by atoms with E-state index < -0.39 is 16.9 Å². The number of aromatic nitrogens is 2. The number of aromatic amines is 1. The molecule has 1 aromatic heterocycles. The molecule has 0 aliphatic rings. The van der Waals surface area contributed by atoms with E-state index in [1.165, 1.54) is 0 Å². The zero-order chi connectivity index (χ0) is 22.8. The lowest BCUT2D eigenvalue weighted by Gasteiger charge is -2.19. The van der Waals surface area contributed by atoms with Crippen LogP contribution in [0.25, 0.3) is 22.5 Å². The van der Waals surface area contributed by atoms with E-state index in [1.54, 1.807) is 19.9 Å². The van der Waals surface area contributed by atoms with Crippen molar-refractivity contribution in [3.8, 4) is 28.3 Å². The summed E-state index contributed by atoms with van der Waals surface area (Å²) >= 11 is 0. The number of nitrogens with one attached hydrogen (secondary N) is 1. The van der Waals surface area contributed by atoms with Crippen LogP contribution in [0.15, 0.2) is 47.3 Å². The van der Waals surface area contributed by atoms with Gasteiger partial charge in [0.1, 0.15) is 17.3 Å². The molecule has 1 heterocycles. The maximum Gasteiger partial charge on any atom is 0.309 e. The molecule has 162 valence electrons. The summed E-state index contributed by atoms with van der Waals surface area (Å²) in [5.74, 6) is -0.0866. The largest absolute Gasteiger partial charge is 0.493 e. The molecule has 8 heteroatoms. The molecule has 8 nitrogen and oxygen atoms in total. The van der Waals surface area contributed by atoms with Gasteiger partial charge < -0.3 is 26.3 Å². The number of H-pyrrole nitrogens is 1. The quantitative estimate of drug-likeness (QED) is 0.457. The van der Waals surface area contributed by atoms with Gasteiger partial charge in [0.05, 0.1) is 17.6 Å². The highest BCUT2D eigenvalue weighted by Crippen LogP contribution is 2.34. The first-order chi connectivity index (χ1) is 14.6. The lowest BCUT2D eigenvalue weighted by atomic mass is 9.85. The summed E-state index contributed by atoms with van der Waals surface area (Å²) in [6.07, 6.45) is 0.405. The molecule has 0 bridgehead atoms. The Kier molecular flexibility index (Phi) is 6.01. The summed E-state index contributed by atoms with van der Waals surface area (Å²) in [6, 6.07) is 13.3. The standard InChI is InChI=1S/C23H26N4O4/c1-4-31-17-11-15(8-9-16(17)20-26-19(25)18(24)21(28)27-20)14-7-5-6-13(10-14)12-23(2,3)22(29)30/h5-11H,4,12,24H2,1-3H3,(H,29,30)(H3,25,26,27,28). The van der Waals surface area contributed by atoms with Gasteiger partial charge in [0, 0.05) is 0 Å². The van der Waals surface area contributed by atoms with Crippen LogP contribution in [0.3, 0.4) is 0 Å². The topological polar surface area (TPSA) is 144 Å². The van der Waals surface area contributed by atoms with E-state index in [2.05, 4.69) is 9.97 Å². The molecule has 0 atom stereocenters. The SMILES string of the molecule is CCOc1cc(-c2cccc(CC(C)(C)C(=O)O)c2)ccc1-c1nc(N)c(N)c(=O)[nH]1. The van der Waals surface area contributed by atoms with Gasteiger partial charge in [-0.05, 0) is 56.0 Å². The van der Waals surface area contributed by atoms with Gasteiger partial charge in [-0.3, -0.25) is 9.59 Å². The molecule has 0 aliphatic heterocycles. The Labute approximate surface area is 179 Å². The van der Waals surface area contributed by atoms with Crippen LogP contribution >= 0.6 is 0 Å². The van der Waals surface area contributed by atoms with Gasteiger partial charge in [-0.1, -0.05) is 30.3 Å². The van der Waals surface area contributed by atoms with Crippen LogP contribution in [0, 0.1) is 5.41 Å². The second kappa shape index (κ2) is 8.51. The molecule has 0 saturated carbocycles. The zero-order valence-corrected chi connectivity index (χ0v) is 17.7. The minimum atomic E-state index is -0.869. The molecule has 0 radical (unpaired) electrons. The summed E-state index contributed by atoms with van der Waals surface area (Å²) in [5.41, 5.74) is 13.2. The number of aliphatic carboxylic acids is 1. The maximum atomic E-state index is 12.0. The van der Waals surface area contributed by atoms with E-state index >= 15 is 0 Å². The third-order valence-corrected chi connectivity index (χ3v) is 5.01. The van der Waals surface area contributed by atoms with Gasteiger partial charge in [-0.25, -0.2) is 4.98 Å². The summed E-state index contributed by atoms with van der Waals surface area (Å²) < 4.78 is 5.79. The van der Waals surface area contributed by atoms with Gasteiger partial charge >= 0.3 is 5.97 Å². The summed E-state index contributed by atoms with van der Waals surface area (Å²) in [4.78, 5) is 30.3. The van der Waals surface area contributed by atoms with Crippen molar-refractivity contribution in [3.05, 3.63) is 58.4 Å². The van der Waals surface area contributed by atoms with Crippen LogP contribution in [0.5, 0.6) is 5.75 Å². The molecule has 0 aliphatic carbocycles. The van der Waals surface area contributed by atoms with Crippen LogP contribution < -0.4 is 21.8 Å². The number of nitrogens with zero attached hydrogens (tertiary/aromatic N) is 1. The van der Waals surface area contributed by atoms with Crippen LogP contribution in [-0.4, -0.2) is 27.7 Å². The minimum absolute atomic E-state index is 0.0426. The molecule has 31 heavy (non-hydrogen) atoms. The van der Waals surface area contributed by atoms with Crippen molar-refractivity contribution in [1.29, 1.82) is 0 Å². The Morgan fingerprint density at radius 1 is 1.16 bits per heavy atom. The lowest BCUT2D eigenvalue weighted by molar-refractivity contribution is -0.146. The van der Waals surface area contributed by atoms with Gasteiger partial charge in [-0.2, -0.15) is 0 Å². The van der Waals surface area contributed by atoms with Crippen molar-refractivity contribution in [1.82, 2.24) is 9.97 Å². The highest BCUT2D eigenvalue weighted by atomic mass is 16.5. The second-order valence-corrected chi connectivity index (χ2v) is 7.92. The second-order valence-electron chi connectivity index (χ2n) is 7.92. The highest BCUT2D eigenvalue weighted by Gasteiger charge is 2.27. The number of carboxylic acids is 1. The summed E-state index contributed by atoms with van der Waals surface area (Å²) in [6.45, 7) is 5.68. The molecule has 0 unspecified atom stereocenters. The molecule has 2 aromatic carbocycles. The molecule has 3 aromatic rings. The maximum absolute atomic E-state index is 12.0. The number of nitrogen functional groups attached to an aromatic ring is 2. The predicted molar refractivity (Wildman–Crippen MR) is 121 cm³/mol. The average Bonchev–Trinajstić information content (AvgIpc) is 2.71. The van der Waals surface area contributed by atoms with E-state index in [0.29, 0.717) is 24.3 Å². The van der Waals surface area contributed by atoms with Crippen molar-refractivity contribution >= 4 is 17.5 Å². The molecule has 0 saturated heterocycles. The number of carboxylic acid groups (broad SMARTS) is 1. The van der Waals surface area contributed by atoms with Crippen LogP contribution in [0.2, 0.25) is 0 Å². The van der Waals surface area contributed by atoms with E-state index in [-0.39, 0.29) is 17.3 Å². The van der Waals surface area contributed by atoms with Crippen molar-refractivity contribution in [2.75, 3.05) is 18.1 Å². The Hall–Kier alpha value is -3.81. The number of hydrogen-bond donors (Lipinski definition) is 4. The number of hydrogen-bond acceptors (Lipinski definition) is 6. The first-order valence-corrected chi connectivity index (χ1v) is 9.87. The van der Waals surface area contributed by atoms with Crippen LogP contribution in [0.4, 0.5) is 11.5 Å². The molecular weight excluding hydrogens is 396 g/mol. The molecular formula is C23H26N4O4. The zero-order valence-electron chi connectivity index (χ0n) is 17.7. The van der Waals surface area contributed by atoms with Gasteiger partial charge in [0.15, 0.2) is 5.82 Å². The Morgan fingerprint density at radius 2 is 1.87 bits per heavy atom. The number of anilines is 2. The average molecular weight is 422 g/mol. The van der Waals surface area contributed by atoms with Gasteiger partial charge in [-0.15, -0.1) is 0 Å². The Balaban J connectivity index is 2.03. The number of rotatable bonds is 7.